The standard InChI is InChI=1S/C19H20FN5O3S/c1-11-15(12(2)25-18(21-11)23-19(24-25)29-3)7-8-17(27)28-10-16(26)22-14-6-4-5-13(20)9-14/h4-6,9H,7-8,10H2,1-3H3,(H,22,26). The third-order valence-corrected chi connectivity index (χ3v) is 4.80. The predicted molar refractivity (Wildman–Crippen MR) is 106 cm³/mol. The number of hydrogen-bond donors (Lipinski definition) is 1. The van der Waals surface area contributed by atoms with Crippen molar-refractivity contribution in [3.05, 3.63) is 47.0 Å². The number of benzene rings is 1. The highest BCUT2D eigenvalue weighted by Crippen LogP contribution is 2.18. The van der Waals surface area contributed by atoms with Crippen molar-refractivity contribution in [1.29, 1.82) is 0 Å². The molecule has 0 aliphatic rings. The molecular weight excluding hydrogens is 397 g/mol. The molecule has 29 heavy (non-hydrogen) atoms. The maximum absolute atomic E-state index is 13.1. The van der Waals surface area contributed by atoms with E-state index in [2.05, 4.69) is 20.4 Å². The number of ether oxygens (including phenoxy) is 1. The van der Waals surface area contributed by atoms with Gasteiger partial charge in [0.25, 0.3) is 11.7 Å². The summed E-state index contributed by atoms with van der Waals surface area (Å²) in [6.45, 7) is 3.31. The molecule has 0 saturated heterocycles. The second-order valence-electron chi connectivity index (χ2n) is 6.29. The fourth-order valence-corrected chi connectivity index (χ4v) is 3.18. The first-order chi connectivity index (χ1) is 13.9. The number of thioether (sulfide) groups is 1. The van der Waals surface area contributed by atoms with Crippen LogP contribution in [0.5, 0.6) is 0 Å². The molecule has 1 amide bonds. The maximum Gasteiger partial charge on any atom is 0.306 e. The lowest BCUT2D eigenvalue weighted by atomic mass is 10.1. The normalized spacial score (nSPS) is 10.9. The van der Waals surface area contributed by atoms with Gasteiger partial charge in [-0.25, -0.2) is 13.9 Å². The summed E-state index contributed by atoms with van der Waals surface area (Å²) in [7, 11) is 0. The molecule has 10 heteroatoms. The molecule has 0 spiro atoms. The van der Waals surface area contributed by atoms with Crippen LogP contribution >= 0.6 is 11.8 Å². The van der Waals surface area contributed by atoms with Crippen LogP contribution < -0.4 is 5.32 Å². The summed E-state index contributed by atoms with van der Waals surface area (Å²) in [4.78, 5) is 32.7. The van der Waals surface area contributed by atoms with E-state index in [-0.39, 0.29) is 6.42 Å². The van der Waals surface area contributed by atoms with E-state index < -0.39 is 24.3 Å². The van der Waals surface area contributed by atoms with Gasteiger partial charge in [0.2, 0.25) is 5.16 Å². The topological polar surface area (TPSA) is 98.5 Å². The van der Waals surface area contributed by atoms with Gasteiger partial charge in [-0.2, -0.15) is 4.98 Å². The zero-order chi connectivity index (χ0) is 21.0. The monoisotopic (exact) mass is 417 g/mol. The molecule has 0 aliphatic heterocycles. The number of amides is 1. The molecule has 2 aromatic heterocycles. The summed E-state index contributed by atoms with van der Waals surface area (Å²) in [6, 6.07) is 5.47. The second-order valence-corrected chi connectivity index (χ2v) is 7.06. The molecule has 0 radical (unpaired) electrons. The highest BCUT2D eigenvalue weighted by Gasteiger charge is 2.15. The lowest BCUT2D eigenvalue weighted by molar-refractivity contribution is -0.147. The Morgan fingerprint density at radius 2 is 2.07 bits per heavy atom. The highest BCUT2D eigenvalue weighted by molar-refractivity contribution is 7.98. The molecule has 2 heterocycles. The number of carbonyl (C=O) groups excluding carboxylic acids is 2. The van der Waals surface area contributed by atoms with E-state index >= 15 is 0 Å². The van der Waals surface area contributed by atoms with Crippen LogP contribution in [0.4, 0.5) is 10.1 Å². The molecule has 1 N–H and O–H groups in total. The van der Waals surface area contributed by atoms with Crippen LogP contribution in [-0.4, -0.2) is 44.3 Å². The number of rotatable bonds is 7. The van der Waals surface area contributed by atoms with Gasteiger partial charge in [-0.05, 0) is 50.3 Å². The first-order valence-corrected chi connectivity index (χ1v) is 10.1. The summed E-state index contributed by atoms with van der Waals surface area (Å²) in [5.74, 6) is -0.994. The Labute approximate surface area is 170 Å². The van der Waals surface area contributed by atoms with Crippen molar-refractivity contribution in [2.24, 2.45) is 0 Å². The van der Waals surface area contributed by atoms with Gasteiger partial charge < -0.3 is 10.1 Å². The minimum atomic E-state index is -0.536. The summed E-state index contributed by atoms with van der Waals surface area (Å²) >= 11 is 1.43. The summed E-state index contributed by atoms with van der Waals surface area (Å²) in [5, 5.41) is 7.47. The summed E-state index contributed by atoms with van der Waals surface area (Å²) in [5.41, 5.74) is 2.81. The van der Waals surface area contributed by atoms with Crippen molar-refractivity contribution < 1.29 is 18.7 Å². The van der Waals surface area contributed by atoms with Crippen LogP contribution in [0.1, 0.15) is 23.4 Å². The molecule has 0 unspecified atom stereocenters. The smallest absolute Gasteiger partial charge is 0.306 e. The molecule has 152 valence electrons. The van der Waals surface area contributed by atoms with Gasteiger partial charge in [-0.15, -0.1) is 5.10 Å². The molecule has 0 fully saturated rings. The Morgan fingerprint density at radius 3 is 2.79 bits per heavy atom. The number of fused-ring (bicyclic) bond motifs is 1. The van der Waals surface area contributed by atoms with Crippen molar-refractivity contribution in [2.75, 3.05) is 18.2 Å². The molecule has 1 aromatic carbocycles. The molecule has 0 saturated carbocycles. The summed E-state index contributed by atoms with van der Waals surface area (Å²) in [6.07, 6.45) is 2.38. The number of nitrogens with one attached hydrogen (secondary N) is 1. The third kappa shape index (κ3) is 5.08. The van der Waals surface area contributed by atoms with Gasteiger partial charge in [0, 0.05) is 23.5 Å². The quantitative estimate of drug-likeness (QED) is 0.466. The van der Waals surface area contributed by atoms with Crippen LogP contribution in [0.3, 0.4) is 0 Å². The molecule has 3 rings (SSSR count). The van der Waals surface area contributed by atoms with Crippen LogP contribution in [-0.2, 0) is 20.7 Å². The number of anilines is 1. The maximum atomic E-state index is 13.1. The minimum Gasteiger partial charge on any atom is -0.456 e. The predicted octanol–water partition coefficient (Wildman–Crippen LogP) is 2.72. The number of carbonyl (C=O) groups is 2. The third-order valence-electron chi connectivity index (χ3n) is 4.26. The van der Waals surface area contributed by atoms with Crippen molar-refractivity contribution in [1.82, 2.24) is 19.6 Å². The number of halogens is 1. The molecule has 8 nitrogen and oxygen atoms in total. The van der Waals surface area contributed by atoms with E-state index in [1.807, 2.05) is 20.1 Å². The fourth-order valence-electron chi connectivity index (χ4n) is 2.85. The van der Waals surface area contributed by atoms with E-state index in [1.165, 1.54) is 30.0 Å². The van der Waals surface area contributed by atoms with E-state index in [4.69, 9.17) is 4.74 Å². The molecule has 0 bridgehead atoms. The SMILES string of the molecule is CSc1nc2nc(C)c(CCC(=O)OCC(=O)Nc3cccc(F)c3)c(C)n2n1. The Morgan fingerprint density at radius 1 is 1.28 bits per heavy atom. The zero-order valence-electron chi connectivity index (χ0n) is 16.2. The van der Waals surface area contributed by atoms with Gasteiger partial charge >= 0.3 is 5.97 Å². The number of nitrogens with zero attached hydrogens (tertiary/aromatic N) is 4. The van der Waals surface area contributed by atoms with Crippen molar-refractivity contribution in [3.63, 3.8) is 0 Å². The Hall–Kier alpha value is -3.01. The Bertz CT molecular complexity index is 1070. The van der Waals surface area contributed by atoms with E-state index in [0.29, 0.717) is 23.0 Å². The van der Waals surface area contributed by atoms with Gasteiger partial charge in [0.15, 0.2) is 6.61 Å². The van der Waals surface area contributed by atoms with Crippen LogP contribution in [0.2, 0.25) is 0 Å². The van der Waals surface area contributed by atoms with Crippen LogP contribution in [0, 0.1) is 19.7 Å². The Balaban J connectivity index is 1.56. The van der Waals surface area contributed by atoms with Crippen LogP contribution in [0.15, 0.2) is 29.4 Å². The fraction of sp³-hybridized carbons (Fsp3) is 0.316. The van der Waals surface area contributed by atoms with E-state index in [0.717, 1.165) is 17.0 Å². The molecule has 3 aromatic rings. The highest BCUT2D eigenvalue weighted by atomic mass is 32.2. The first kappa shape index (κ1) is 20.7. The van der Waals surface area contributed by atoms with E-state index in [1.54, 1.807) is 10.6 Å². The lowest BCUT2D eigenvalue weighted by Crippen LogP contribution is -2.21. The number of aromatic nitrogens is 4. The lowest BCUT2D eigenvalue weighted by Gasteiger charge is -2.10. The van der Waals surface area contributed by atoms with Crippen LogP contribution in [0.25, 0.3) is 5.78 Å². The van der Waals surface area contributed by atoms with E-state index in [9.17, 15) is 14.0 Å². The average Bonchev–Trinajstić information content (AvgIpc) is 3.09. The Kier molecular flexibility index (Phi) is 6.42. The number of esters is 1. The van der Waals surface area contributed by atoms with Gasteiger partial charge in [0.05, 0.1) is 0 Å². The van der Waals surface area contributed by atoms with Crippen molar-refractivity contribution >= 4 is 35.1 Å². The van der Waals surface area contributed by atoms with Gasteiger partial charge in [-0.3, -0.25) is 9.59 Å². The largest absolute Gasteiger partial charge is 0.456 e. The minimum absolute atomic E-state index is 0.0895. The number of hydrogen-bond acceptors (Lipinski definition) is 7. The molecule has 0 atom stereocenters. The zero-order valence-corrected chi connectivity index (χ0v) is 17.0. The first-order valence-electron chi connectivity index (χ1n) is 8.85. The second kappa shape index (κ2) is 8.99. The van der Waals surface area contributed by atoms with Crippen molar-refractivity contribution in [2.45, 2.75) is 31.8 Å². The molecular formula is C19H20FN5O3S. The molecule has 0 aliphatic carbocycles. The van der Waals surface area contributed by atoms with Gasteiger partial charge in [-0.1, -0.05) is 17.8 Å². The van der Waals surface area contributed by atoms with Crippen molar-refractivity contribution in [3.8, 4) is 0 Å². The van der Waals surface area contributed by atoms with Gasteiger partial charge in [0.1, 0.15) is 5.82 Å². The average molecular weight is 417 g/mol. The number of aryl methyl sites for hydroxylation is 2. The summed E-state index contributed by atoms with van der Waals surface area (Å²) < 4.78 is 19.8.